The van der Waals surface area contributed by atoms with Crippen molar-refractivity contribution in [3.63, 3.8) is 0 Å². The number of likely N-dealkylation sites (N-methyl/N-ethyl adjacent to an activating group) is 2. The zero-order valence-electron chi connectivity index (χ0n) is 34.3. The lowest BCUT2D eigenvalue weighted by atomic mass is 9.55. The second kappa shape index (κ2) is 5.25. The number of nitrogens with zero attached hydrogens (tertiary/aromatic N) is 2. The van der Waals surface area contributed by atoms with Crippen molar-refractivity contribution in [1.29, 1.82) is 0 Å². The van der Waals surface area contributed by atoms with Gasteiger partial charge in [0.05, 0.1) is 0 Å². The summed E-state index contributed by atoms with van der Waals surface area (Å²) in [5.41, 5.74) is 6.31. The quantitative estimate of drug-likeness (QED) is 0.141. The van der Waals surface area contributed by atoms with Gasteiger partial charge in [0.2, 0.25) is 0 Å². The first kappa shape index (κ1) is 24.1. The molecule has 66 heavy (non-hydrogen) atoms. The first-order valence-corrected chi connectivity index (χ1v) is 25.0. The lowest BCUT2D eigenvalue weighted by Gasteiger charge is -2.64. The third-order valence-corrected chi connectivity index (χ3v) is 25.1. The van der Waals surface area contributed by atoms with Crippen LogP contribution in [0.5, 0.6) is 0 Å². The highest BCUT2D eigenvalue weighted by molar-refractivity contribution is 6.82. The molecular formula is C64H10N2. The van der Waals surface area contributed by atoms with Gasteiger partial charge >= 0.3 is 0 Å². The number of piperazine rings is 1. The van der Waals surface area contributed by atoms with Crippen molar-refractivity contribution in [2.75, 3.05) is 27.2 Å². The minimum absolute atomic E-state index is 0.328. The largest absolute Gasteiger partial charge is 0.289 e. The van der Waals surface area contributed by atoms with E-state index in [0.717, 1.165) is 13.1 Å². The highest BCUT2D eigenvalue weighted by Gasteiger charge is 2.73. The lowest BCUT2D eigenvalue weighted by molar-refractivity contribution is -0.0544. The molecule has 276 valence electrons. The topological polar surface area (TPSA) is 6.48 Å². The molecule has 1 aliphatic heterocycles. The van der Waals surface area contributed by atoms with Crippen LogP contribution in [0.2, 0.25) is 0 Å². The third kappa shape index (κ3) is 1.18. The third-order valence-electron chi connectivity index (χ3n) is 25.1. The Morgan fingerprint density at radius 1 is 0.167 bits per heavy atom. The minimum Gasteiger partial charge on any atom is -0.289 e. The molecule has 2 heteroatoms. The summed E-state index contributed by atoms with van der Waals surface area (Å²) in [6, 6.07) is 0. The van der Waals surface area contributed by atoms with Crippen molar-refractivity contribution in [3.05, 3.63) is 22.3 Å². The highest BCUT2D eigenvalue weighted by Crippen LogP contribution is 2.85. The van der Waals surface area contributed by atoms with Gasteiger partial charge in [0.25, 0.3) is 0 Å². The van der Waals surface area contributed by atoms with Gasteiger partial charge in [-0.2, -0.15) is 0 Å². The van der Waals surface area contributed by atoms with Crippen LogP contribution in [-0.2, 0) is 11.1 Å². The average Bonchev–Trinajstić information content (AvgIpc) is 4.17. The van der Waals surface area contributed by atoms with E-state index in [-0.39, 0.29) is 11.1 Å². The normalized spacial score (nSPS) is 24.1. The van der Waals surface area contributed by atoms with Crippen molar-refractivity contribution in [2.45, 2.75) is 11.1 Å². The minimum atomic E-state index is -0.328. The Morgan fingerprint density at radius 3 is 0.364 bits per heavy atom. The molecule has 28 aromatic carbocycles. The van der Waals surface area contributed by atoms with Gasteiger partial charge in [-0.05, 0) is 327 Å². The van der Waals surface area contributed by atoms with Gasteiger partial charge in [0.15, 0.2) is 0 Å². The van der Waals surface area contributed by atoms with Crippen LogP contribution in [-0.4, -0.2) is 37.0 Å². The van der Waals surface area contributed by atoms with E-state index < -0.39 is 0 Å². The predicted octanol–water partition coefficient (Wildman–Crippen LogP) is 16.1. The number of benzene rings is 18. The summed E-state index contributed by atoms with van der Waals surface area (Å²) in [5.74, 6) is 0. The maximum absolute atomic E-state index is 3.02. The van der Waals surface area contributed by atoms with Gasteiger partial charge in [0, 0.05) is 13.1 Å². The van der Waals surface area contributed by atoms with Gasteiger partial charge in [-0.15, -0.1) is 0 Å². The van der Waals surface area contributed by atoms with Crippen LogP contribution in [0.3, 0.4) is 0 Å². The fourth-order valence-electron chi connectivity index (χ4n) is 25.1. The summed E-state index contributed by atoms with van der Waals surface area (Å²) < 4.78 is 0. The summed E-state index contributed by atoms with van der Waals surface area (Å²) in [6.45, 7) is 2.16. The molecule has 4 aliphatic carbocycles. The van der Waals surface area contributed by atoms with E-state index in [1.807, 2.05) is 0 Å². The summed E-state index contributed by atoms with van der Waals surface area (Å²) in [4.78, 5) is 6.03. The number of rotatable bonds is 0. The SMILES string of the molecule is CN1CCN(C)C23c4c5c6c7c8c9c(c%10c%11c2c2c4c4c%12c5c5c6c6c8c8c%13c9c9c%10c%10c%11c%11c2c2c4c4c%12c%12c5c5c6c8c6c8c%13c9c9c%10c%10c%11c2c2c4c4c%12c5c6c5c8c9c%10c2c45)C713. The zero-order valence-corrected chi connectivity index (χ0v) is 34.3. The predicted molar refractivity (Wildman–Crippen MR) is 279 cm³/mol. The molecule has 2 nitrogen and oxygen atoms in total. The van der Waals surface area contributed by atoms with E-state index in [9.17, 15) is 0 Å². The molecule has 1 heterocycles. The van der Waals surface area contributed by atoms with E-state index >= 15 is 0 Å². The maximum Gasteiger partial charge on any atom is 0.101 e. The zero-order chi connectivity index (χ0) is 39.1. The standard InChI is InChI=1S/C64H10N2/c1-65-3-4-66(2)64-61-53-45-35-25-17-9-6-5-7-11-13(9)21-27-19(11)29-23-15(7)16-8(5)12-14-10(6)18(17)26-32-22(14)28-20(12)30-24(16)34-33(23)43-37(29)47-41(27)49(39(45)31(21)25)57(61)55(47)59-51(43)52-44(34)38(30)48-42(28)50-40(32)46(36(26)35)54(53)62(64)58(50)56(48)60(52)63(59,64)65/h3-4H2,1-2H3. The van der Waals surface area contributed by atoms with E-state index in [1.165, 1.54) is 0 Å². The van der Waals surface area contributed by atoms with E-state index in [1.54, 1.807) is 313 Å². The fraction of sp³-hybridized carbons (Fsp3) is 0.0938. The molecular weight excluding hydrogens is 797 g/mol. The molecule has 28 aromatic rings. The molecule has 33 rings (SSSR count). The fourth-order valence-corrected chi connectivity index (χ4v) is 25.1. The lowest BCUT2D eigenvalue weighted by Crippen LogP contribution is -2.71. The monoisotopic (exact) mass is 806 g/mol. The Balaban J connectivity index is 1.27. The molecule has 0 aromatic heterocycles. The van der Waals surface area contributed by atoms with Crippen molar-refractivity contribution in [1.82, 2.24) is 9.80 Å². The molecule has 0 bridgehead atoms. The summed E-state index contributed by atoms with van der Waals surface area (Å²) in [7, 11) is 5.22. The summed E-state index contributed by atoms with van der Waals surface area (Å²) >= 11 is 0. The van der Waals surface area contributed by atoms with E-state index in [4.69, 9.17) is 0 Å². The van der Waals surface area contributed by atoms with Gasteiger partial charge in [0.1, 0.15) is 11.1 Å². The molecule has 2 spiro atoms. The van der Waals surface area contributed by atoms with Crippen molar-refractivity contribution < 1.29 is 0 Å². The van der Waals surface area contributed by atoms with Gasteiger partial charge < -0.3 is 0 Å². The van der Waals surface area contributed by atoms with Crippen LogP contribution in [0.15, 0.2) is 0 Å². The van der Waals surface area contributed by atoms with Crippen LogP contribution in [0.1, 0.15) is 22.3 Å². The van der Waals surface area contributed by atoms with Crippen molar-refractivity contribution in [2.24, 2.45) is 0 Å². The van der Waals surface area contributed by atoms with E-state index in [2.05, 4.69) is 23.9 Å². The van der Waals surface area contributed by atoms with Gasteiger partial charge in [-0.1, -0.05) is 0 Å². The van der Waals surface area contributed by atoms with Crippen LogP contribution >= 0.6 is 0 Å². The van der Waals surface area contributed by atoms with Crippen LogP contribution in [0, 0.1) is 0 Å². The number of hydrogen-bond donors (Lipinski definition) is 0. The Labute approximate surface area is 359 Å². The molecule has 0 saturated carbocycles. The number of hydrogen-bond acceptors (Lipinski definition) is 2. The molecule has 0 amide bonds. The molecule has 1 fully saturated rings. The molecule has 0 radical (unpaired) electrons. The molecule has 0 N–H and O–H groups in total. The first-order chi connectivity index (χ1) is 32.8. The summed E-state index contributed by atoms with van der Waals surface area (Å²) in [5, 5.41) is 90.4. The van der Waals surface area contributed by atoms with Gasteiger partial charge in [-0.25, -0.2) is 0 Å². The van der Waals surface area contributed by atoms with Crippen molar-refractivity contribution >= 4 is 291 Å². The second-order valence-corrected chi connectivity index (χ2v) is 25.0. The van der Waals surface area contributed by atoms with Crippen LogP contribution < -0.4 is 0 Å². The maximum atomic E-state index is 3.02. The Hall–Kier alpha value is -7.62. The molecule has 0 atom stereocenters. The van der Waals surface area contributed by atoms with Crippen LogP contribution in [0.25, 0.3) is 291 Å². The van der Waals surface area contributed by atoms with E-state index in [0.29, 0.717) is 0 Å². The molecule has 1 saturated heterocycles. The highest BCUT2D eigenvalue weighted by atomic mass is 15.4. The Kier molecular flexibility index (Phi) is 1.91. The van der Waals surface area contributed by atoms with Gasteiger partial charge in [-0.3, -0.25) is 9.80 Å². The second-order valence-electron chi connectivity index (χ2n) is 25.0. The molecule has 0 unspecified atom stereocenters. The Morgan fingerprint density at radius 2 is 0.258 bits per heavy atom. The van der Waals surface area contributed by atoms with Crippen molar-refractivity contribution in [3.8, 4) is 0 Å². The molecule has 5 aliphatic rings. The summed E-state index contributed by atoms with van der Waals surface area (Å²) in [6.07, 6.45) is 0. The first-order valence-electron chi connectivity index (χ1n) is 25.0. The Bertz CT molecular complexity index is 6440. The average molecular weight is 807 g/mol. The smallest absolute Gasteiger partial charge is 0.101 e. The van der Waals surface area contributed by atoms with Crippen LogP contribution in [0.4, 0.5) is 0 Å².